The molecular formula is C16H24ClNS. The largest absolute Gasteiger partial charge is 0.307 e. The number of halogens is 1. The second kappa shape index (κ2) is 6.15. The monoisotopic (exact) mass is 297 g/mol. The SMILES string of the molecule is CC(NC1CCCc2sc(Cl)cc21)C1CCCCC1. The molecule has 19 heavy (non-hydrogen) atoms. The van der Waals surface area contributed by atoms with Crippen molar-refractivity contribution in [3.05, 3.63) is 20.8 Å². The maximum absolute atomic E-state index is 6.19. The average Bonchev–Trinajstić information content (AvgIpc) is 2.81. The van der Waals surface area contributed by atoms with Crippen molar-refractivity contribution in [2.45, 2.75) is 70.4 Å². The van der Waals surface area contributed by atoms with Gasteiger partial charge < -0.3 is 5.32 Å². The van der Waals surface area contributed by atoms with Gasteiger partial charge in [-0.15, -0.1) is 11.3 Å². The summed E-state index contributed by atoms with van der Waals surface area (Å²) in [5.74, 6) is 0.883. The van der Waals surface area contributed by atoms with Crippen LogP contribution < -0.4 is 5.32 Å². The summed E-state index contributed by atoms with van der Waals surface area (Å²) in [5.41, 5.74) is 1.49. The summed E-state index contributed by atoms with van der Waals surface area (Å²) in [5, 5.41) is 3.91. The molecular weight excluding hydrogens is 274 g/mol. The van der Waals surface area contributed by atoms with Gasteiger partial charge in [0.1, 0.15) is 0 Å². The van der Waals surface area contributed by atoms with Gasteiger partial charge in [-0.05, 0) is 56.6 Å². The normalized spacial score (nSPS) is 26.1. The van der Waals surface area contributed by atoms with Crippen LogP contribution in [0.5, 0.6) is 0 Å². The Morgan fingerprint density at radius 2 is 2.00 bits per heavy atom. The van der Waals surface area contributed by atoms with Crippen LogP contribution in [0.25, 0.3) is 0 Å². The molecule has 0 aromatic carbocycles. The molecule has 2 aliphatic rings. The van der Waals surface area contributed by atoms with E-state index in [4.69, 9.17) is 11.6 Å². The quantitative estimate of drug-likeness (QED) is 0.794. The number of fused-ring (bicyclic) bond motifs is 1. The Kier molecular flexibility index (Phi) is 4.51. The van der Waals surface area contributed by atoms with E-state index in [0.29, 0.717) is 12.1 Å². The van der Waals surface area contributed by atoms with E-state index in [0.717, 1.165) is 10.3 Å². The van der Waals surface area contributed by atoms with E-state index in [1.54, 1.807) is 11.3 Å². The van der Waals surface area contributed by atoms with Gasteiger partial charge in [0.15, 0.2) is 0 Å². The average molecular weight is 298 g/mol. The molecule has 1 aromatic rings. The Labute approximate surface area is 125 Å². The van der Waals surface area contributed by atoms with Crippen LogP contribution >= 0.6 is 22.9 Å². The minimum atomic E-state index is 0.546. The number of thiophene rings is 1. The highest BCUT2D eigenvalue weighted by Crippen LogP contribution is 2.38. The van der Waals surface area contributed by atoms with Gasteiger partial charge in [-0.1, -0.05) is 30.9 Å². The minimum Gasteiger partial charge on any atom is -0.307 e. The molecule has 1 aromatic heterocycles. The lowest BCUT2D eigenvalue weighted by Crippen LogP contribution is -2.38. The summed E-state index contributed by atoms with van der Waals surface area (Å²) in [4.78, 5) is 1.52. The molecule has 1 saturated carbocycles. The molecule has 0 aliphatic heterocycles. The Balaban J connectivity index is 1.66. The molecule has 1 fully saturated rings. The third-order valence-corrected chi connectivity index (χ3v) is 6.24. The van der Waals surface area contributed by atoms with Gasteiger partial charge in [0.25, 0.3) is 0 Å². The molecule has 0 amide bonds. The smallest absolute Gasteiger partial charge is 0.0934 e. The van der Waals surface area contributed by atoms with Gasteiger partial charge in [-0.3, -0.25) is 0 Å². The van der Waals surface area contributed by atoms with Crippen molar-refractivity contribution in [3.8, 4) is 0 Å². The van der Waals surface area contributed by atoms with Crippen molar-refractivity contribution in [1.29, 1.82) is 0 Å². The van der Waals surface area contributed by atoms with Gasteiger partial charge in [-0.2, -0.15) is 0 Å². The lowest BCUT2D eigenvalue weighted by molar-refractivity contribution is 0.257. The zero-order valence-corrected chi connectivity index (χ0v) is 13.3. The van der Waals surface area contributed by atoms with Crippen LogP contribution in [0.2, 0.25) is 4.34 Å². The summed E-state index contributed by atoms with van der Waals surface area (Å²) in [7, 11) is 0. The molecule has 0 saturated heterocycles. The fourth-order valence-electron chi connectivity index (χ4n) is 3.78. The first-order valence-corrected chi connectivity index (χ1v) is 8.97. The molecule has 1 nitrogen and oxygen atoms in total. The fraction of sp³-hybridized carbons (Fsp3) is 0.750. The summed E-state index contributed by atoms with van der Waals surface area (Å²) in [6.07, 6.45) is 10.9. The Hall–Kier alpha value is -0.0500. The predicted octanol–water partition coefficient (Wildman–Crippen LogP) is 5.34. The van der Waals surface area contributed by atoms with Crippen molar-refractivity contribution in [3.63, 3.8) is 0 Å². The van der Waals surface area contributed by atoms with Gasteiger partial charge >= 0.3 is 0 Å². The summed E-state index contributed by atoms with van der Waals surface area (Å²) < 4.78 is 0.962. The molecule has 3 rings (SSSR count). The highest BCUT2D eigenvalue weighted by molar-refractivity contribution is 7.16. The van der Waals surface area contributed by atoms with Crippen LogP contribution in [0.15, 0.2) is 6.07 Å². The zero-order chi connectivity index (χ0) is 13.2. The molecule has 1 N–H and O–H groups in total. The first-order chi connectivity index (χ1) is 9.24. The van der Waals surface area contributed by atoms with E-state index in [-0.39, 0.29) is 0 Å². The van der Waals surface area contributed by atoms with E-state index < -0.39 is 0 Å². The Morgan fingerprint density at radius 3 is 2.79 bits per heavy atom. The topological polar surface area (TPSA) is 12.0 Å². The van der Waals surface area contributed by atoms with Crippen molar-refractivity contribution in [1.82, 2.24) is 5.32 Å². The number of hydrogen-bond donors (Lipinski definition) is 1. The Bertz CT molecular complexity index is 422. The van der Waals surface area contributed by atoms with Gasteiger partial charge in [-0.25, -0.2) is 0 Å². The molecule has 0 spiro atoms. The summed E-state index contributed by atoms with van der Waals surface area (Å²) in [6, 6.07) is 3.39. The van der Waals surface area contributed by atoms with Crippen LogP contribution in [-0.4, -0.2) is 6.04 Å². The number of hydrogen-bond acceptors (Lipinski definition) is 2. The fourth-order valence-corrected chi connectivity index (χ4v) is 5.17. The van der Waals surface area contributed by atoms with Crippen molar-refractivity contribution < 1.29 is 0 Å². The first kappa shape index (κ1) is 13.9. The molecule has 0 bridgehead atoms. The summed E-state index contributed by atoms with van der Waals surface area (Å²) >= 11 is 7.97. The molecule has 106 valence electrons. The third-order valence-electron chi connectivity index (χ3n) is 4.90. The van der Waals surface area contributed by atoms with Gasteiger partial charge in [0, 0.05) is 17.0 Å². The van der Waals surface area contributed by atoms with Crippen LogP contribution in [0.3, 0.4) is 0 Å². The van der Waals surface area contributed by atoms with E-state index in [1.165, 1.54) is 61.8 Å². The minimum absolute atomic E-state index is 0.546. The number of aryl methyl sites for hydroxylation is 1. The van der Waals surface area contributed by atoms with Crippen LogP contribution in [0, 0.1) is 5.92 Å². The van der Waals surface area contributed by atoms with Crippen LogP contribution in [0.4, 0.5) is 0 Å². The maximum Gasteiger partial charge on any atom is 0.0934 e. The predicted molar refractivity (Wildman–Crippen MR) is 84.2 cm³/mol. The number of nitrogens with one attached hydrogen (secondary N) is 1. The van der Waals surface area contributed by atoms with Crippen molar-refractivity contribution in [2.24, 2.45) is 5.92 Å². The lowest BCUT2D eigenvalue weighted by atomic mass is 9.83. The molecule has 3 heteroatoms. The second-order valence-corrected chi connectivity index (χ2v) is 8.00. The van der Waals surface area contributed by atoms with E-state index in [1.807, 2.05) is 0 Å². The van der Waals surface area contributed by atoms with E-state index >= 15 is 0 Å². The van der Waals surface area contributed by atoms with Gasteiger partial charge in [0.2, 0.25) is 0 Å². The Morgan fingerprint density at radius 1 is 1.21 bits per heavy atom. The van der Waals surface area contributed by atoms with E-state index in [9.17, 15) is 0 Å². The maximum atomic E-state index is 6.19. The zero-order valence-electron chi connectivity index (χ0n) is 11.8. The highest BCUT2D eigenvalue weighted by Gasteiger charge is 2.27. The molecule has 1 heterocycles. The second-order valence-electron chi connectivity index (χ2n) is 6.23. The van der Waals surface area contributed by atoms with Crippen molar-refractivity contribution in [2.75, 3.05) is 0 Å². The molecule has 2 aliphatic carbocycles. The van der Waals surface area contributed by atoms with Crippen molar-refractivity contribution >= 4 is 22.9 Å². The molecule has 2 atom stereocenters. The summed E-state index contributed by atoms with van der Waals surface area (Å²) in [6.45, 7) is 2.39. The highest BCUT2D eigenvalue weighted by atomic mass is 35.5. The lowest BCUT2D eigenvalue weighted by Gasteiger charge is -2.33. The van der Waals surface area contributed by atoms with E-state index in [2.05, 4.69) is 18.3 Å². The van der Waals surface area contributed by atoms with Crippen LogP contribution in [-0.2, 0) is 6.42 Å². The molecule has 0 radical (unpaired) electrons. The van der Waals surface area contributed by atoms with Crippen LogP contribution in [0.1, 0.15) is 68.4 Å². The number of rotatable bonds is 3. The molecule has 2 unspecified atom stereocenters. The third kappa shape index (κ3) is 3.17. The van der Waals surface area contributed by atoms with Gasteiger partial charge in [0.05, 0.1) is 4.34 Å². The standard InChI is InChI=1S/C16H24ClNS/c1-11(12-6-3-2-4-7-12)18-14-8-5-9-15-13(14)10-16(17)19-15/h10-12,14,18H,2-9H2,1H3. The first-order valence-electron chi connectivity index (χ1n) is 7.78.